The highest BCUT2D eigenvalue weighted by Crippen LogP contribution is 2.27. The fourth-order valence-corrected chi connectivity index (χ4v) is 4.28. The standard InChI is InChI=1S/C22H32ClN3O2S/c1-27-19-8-9-20(23)21(16-19)24-22(29)26(17-18-6-3-2-4-7-18)11-5-10-25-12-14-28-15-13-25/h2-3,8-9,16,18H,4-7,10-15,17H2,1H3,(H,24,29). The van der Waals surface area contributed by atoms with E-state index in [9.17, 15) is 0 Å². The number of hydrogen-bond donors (Lipinski definition) is 1. The van der Waals surface area contributed by atoms with Crippen molar-refractivity contribution in [3.8, 4) is 5.75 Å². The largest absolute Gasteiger partial charge is 0.497 e. The zero-order valence-corrected chi connectivity index (χ0v) is 18.8. The third kappa shape index (κ3) is 7.14. The molecule has 1 atom stereocenters. The molecule has 1 aliphatic carbocycles. The van der Waals surface area contributed by atoms with Gasteiger partial charge in [-0.25, -0.2) is 0 Å². The number of hydrogen-bond acceptors (Lipinski definition) is 4. The van der Waals surface area contributed by atoms with Crippen molar-refractivity contribution in [2.24, 2.45) is 5.92 Å². The zero-order valence-electron chi connectivity index (χ0n) is 17.2. The number of rotatable bonds is 8. The summed E-state index contributed by atoms with van der Waals surface area (Å²) in [6, 6.07) is 5.58. The average molecular weight is 438 g/mol. The lowest BCUT2D eigenvalue weighted by Gasteiger charge is -2.32. The molecule has 7 heteroatoms. The van der Waals surface area contributed by atoms with Crippen LogP contribution in [0, 0.1) is 5.92 Å². The van der Waals surface area contributed by atoms with Gasteiger partial charge in [0.15, 0.2) is 5.11 Å². The average Bonchev–Trinajstić information content (AvgIpc) is 2.76. The molecule has 1 aliphatic heterocycles. The fourth-order valence-electron chi connectivity index (χ4n) is 3.84. The summed E-state index contributed by atoms with van der Waals surface area (Å²) in [5.74, 6) is 1.40. The Morgan fingerprint density at radius 2 is 2.17 bits per heavy atom. The Morgan fingerprint density at radius 3 is 2.90 bits per heavy atom. The van der Waals surface area contributed by atoms with Gasteiger partial charge in [-0.05, 0) is 56.0 Å². The van der Waals surface area contributed by atoms with E-state index in [1.165, 1.54) is 6.42 Å². The van der Waals surface area contributed by atoms with Crippen molar-refractivity contribution in [3.63, 3.8) is 0 Å². The van der Waals surface area contributed by atoms with E-state index in [0.29, 0.717) is 10.9 Å². The molecule has 0 saturated carbocycles. The molecular weight excluding hydrogens is 406 g/mol. The number of nitrogens with one attached hydrogen (secondary N) is 1. The fraction of sp³-hybridized carbons (Fsp3) is 0.591. The van der Waals surface area contributed by atoms with Gasteiger partial charge in [-0.15, -0.1) is 0 Å². The number of morpholine rings is 1. The summed E-state index contributed by atoms with van der Waals surface area (Å²) >= 11 is 12.2. The quantitative estimate of drug-likeness (QED) is 0.479. The van der Waals surface area contributed by atoms with Crippen LogP contribution in [0.3, 0.4) is 0 Å². The number of ether oxygens (including phenoxy) is 2. The molecule has 1 N–H and O–H groups in total. The number of methoxy groups -OCH3 is 1. The van der Waals surface area contributed by atoms with Gasteiger partial charge in [-0.3, -0.25) is 4.90 Å². The molecule has 29 heavy (non-hydrogen) atoms. The van der Waals surface area contributed by atoms with Gasteiger partial charge in [0.25, 0.3) is 0 Å². The summed E-state index contributed by atoms with van der Waals surface area (Å²) in [5, 5.41) is 4.73. The van der Waals surface area contributed by atoms with Crippen molar-refractivity contribution in [2.45, 2.75) is 25.7 Å². The molecule has 1 unspecified atom stereocenters. The van der Waals surface area contributed by atoms with Crippen molar-refractivity contribution in [2.75, 3.05) is 58.4 Å². The first kappa shape index (κ1) is 22.3. The molecule has 2 aliphatic rings. The number of nitrogens with zero attached hydrogens (tertiary/aromatic N) is 2. The highest BCUT2D eigenvalue weighted by atomic mass is 35.5. The number of halogens is 1. The van der Waals surface area contributed by atoms with E-state index in [1.807, 2.05) is 18.2 Å². The minimum atomic E-state index is 0.641. The molecule has 1 heterocycles. The maximum absolute atomic E-state index is 6.38. The molecule has 0 radical (unpaired) electrons. The van der Waals surface area contributed by atoms with Crippen molar-refractivity contribution in [1.29, 1.82) is 0 Å². The minimum Gasteiger partial charge on any atom is -0.497 e. The number of allylic oxidation sites excluding steroid dienone is 2. The Balaban J connectivity index is 1.60. The molecule has 0 bridgehead atoms. The Hall–Kier alpha value is -1.34. The molecule has 1 saturated heterocycles. The molecule has 0 aromatic heterocycles. The van der Waals surface area contributed by atoms with E-state index in [-0.39, 0.29) is 0 Å². The molecule has 160 valence electrons. The molecule has 1 aromatic rings. The Kier molecular flexibility index (Phi) is 9.05. The van der Waals surface area contributed by atoms with E-state index in [2.05, 4.69) is 27.3 Å². The third-order valence-corrected chi connectivity index (χ3v) is 6.25. The summed E-state index contributed by atoms with van der Waals surface area (Å²) in [5.41, 5.74) is 0.790. The smallest absolute Gasteiger partial charge is 0.173 e. The Labute approximate surface area is 185 Å². The van der Waals surface area contributed by atoms with Crippen LogP contribution in [0.15, 0.2) is 30.4 Å². The van der Waals surface area contributed by atoms with Crippen LogP contribution >= 0.6 is 23.8 Å². The van der Waals surface area contributed by atoms with Crippen molar-refractivity contribution < 1.29 is 9.47 Å². The zero-order chi connectivity index (χ0) is 20.5. The van der Waals surface area contributed by atoms with Gasteiger partial charge >= 0.3 is 0 Å². The maximum atomic E-state index is 6.38. The molecule has 1 aromatic carbocycles. The molecule has 5 nitrogen and oxygen atoms in total. The highest BCUT2D eigenvalue weighted by molar-refractivity contribution is 7.80. The normalized spacial score (nSPS) is 19.7. The first-order valence-corrected chi connectivity index (χ1v) is 11.3. The predicted molar refractivity (Wildman–Crippen MR) is 124 cm³/mol. The second-order valence-electron chi connectivity index (χ2n) is 7.68. The van der Waals surface area contributed by atoms with Gasteiger partial charge in [0.1, 0.15) is 5.75 Å². The van der Waals surface area contributed by atoms with Gasteiger partial charge in [0.2, 0.25) is 0 Å². The van der Waals surface area contributed by atoms with Crippen LogP contribution in [-0.4, -0.2) is 68.0 Å². The lowest BCUT2D eigenvalue weighted by molar-refractivity contribution is 0.0367. The molecule has 0 amide bonds. The third-order valence-electron chi connectivity index (χ3n) is 5.56. The molecule has 1 fully saturated rings. The van der Waals surface area contributed by atoms with Crippen LogP contribution < -0.4 is 10.1 Å². The van der Waals surface area contributed by atoms with E-state index in [1.54, 1.807) is 7.11 Å². The van der Waals surface area contributed by atoms with Crippen LogP contribution in [0.5, 0.6) is 5.75 Å². The monoisotopic (exact) mass is 437 g/mol. The SMILES string of the molecule is COc1ccc(Cl)c(NC(=S)N(CCCN2CCOCC2)CC2CC=CCC2)c1. The maximum Gasteiger partial charge on any atom is 0.173 e. The summed E-state index contributed by atoms with van der Waals surface area (Å²) in [6.07, 6.45) is 9.17. The number of thiocarbonyl (C=S) groups is 1. The lowest BCUT2D eigenvalue weighted by atomic mass is 9.94. The molecular formula is C22H32ClN3O2S. The number of anilines is 1. The second-order valence-corrected chi connectivity index (χ2v) is 8.47. The van der Waals surface area contributed by atoms with Crippen molar-refractivity contribution in [3.05, 3.63) is 35.4 Å². The first-order chi connectivity index (χ1) is 14.2. The van der Waals surface area contributed by atoms with E-state index >= 15 is 0 Å². The van der Waals surface area contributed by atoms with Gasteiger partial charge in [0.05, 0.1) is 31.0 Å². The van der Waals surface area contributed by atoms with Crippen LogP contribution in [0.25, 0.3) is 0 Å². The highest BCUT2D eigenvalue weighted by Gasteiger charge is 2.19. The van der Waals surface area contributed by atoms with Crippen LogP contribution in [0.1, 0.15) is 25.7 Å². The minimum absolute atomic E-state index is 0.641. The summed E-state index contributed by atoms with van der Waals surface area (Å²) in [7, 11) is 1.65. The van der Waals surface area contributed by atoms with Gasteiger partial charge in [-0.2, -0.15) is 0 Å². The van der Waals surface area contributed by atoms with Crippen LogP contribution in [-0.2, 0) is 4.74 Å². The summed E-state index contributed by atoms with van der Waals surface area (Å²) < 4.78 is 10.8. The molecule has 3 rings (SSSR count). The van der Waals surface area contributed by atoms with Crippen LogP contribution in [0.4, 0.5) is 5.69 Å². The Morgan fingerprint density at radius 1 is 1.34 bits per heavy atom. The van der Waals surface area contributed by atoms with Gasteiger partial charge in [0, 0.05) is 38.8 Å². The van der Waals surface area contributed by atoms with E-state index in [0.717, 1.165) is 81.7 Å². The summed E-state index contributed by atoms with van der Waals surface area (Å²) in [6.45, 7) is 6.71. The predicted octanol–water partition coefficient (Wildman–Crippen LogP) is 4.43. The second kappa shape index (κ2) is 11.7. The van der Waals surface area contributed by atoms with Crippen molar-refractivity contribution in [1.82, 2.24) is 9.80 Å². The topological polar surface area (TPSA) is 37.0 Å². The first-order valence-electron chi connectivity index (χ1n) is 10.5. The van der Waals surface area contributed by atoms with Crippen molar-refractivity contribution >= 4 is 34.6 Å². The number of benzene rings is 1. The van der Waals surface area contributed by atoms with E-state index in [4.69, 9.17) is 33.3 Å². The summed E-state index contributed by atoms with van der Waals surface area (Å²) in [4.78, 5) is 4.79. The van der Waals surface area contributed by atoms with Gasteiger partial charge < -0.3 is 19.7 Å². The van der Waals surface area contributed by atoms with Gasteiger partial charge in [-0.1, -0.05) is 23.8 Å². The molecule has 0 spiro atoms. The van der Waals surface area contributed by atoms with Crippen LogP contribution in [0.2, 0.25) is 5.02 Å². The lowest BCUT2D eigenvalue weighted by Crippen LogP contribution is -2.42. The Bertz CT molecular complexity index is 695. The van der Waals surface area contributed by atoms with E-state index < -0.39 is 0 Å².